The molecule has 0 heterocycles. The van der Waals surface area contributed by atoms with E-state index in [0.29, 0.717) is 17.4 Å². The van der Waals surface area contributed by atoms with E-state index in [2.05, 4.69) is 21.2 Å². The van der Waals surface area contributed by atoms with Gasteiger partial charge >= 0.3 is 0 Å². The Morgan fingerprint density at radius 2 is 2.27 bits per heavy atom. The molecule has 0 aliphatic heterocycles. The molecule has 0 aliphatic carbocycles. The molecule has 0 aromatic heterocycles. The smallest absolute Gasteiger partial charge is 0.137 e. The lowest BCUT2D eigenvalue weighted by atomic mass is 10.2. The van der Waals surface area contributed by atoms with Crippen molar-refractivity contribution in [2.75, 3.05) is 6.54 Å². The van der Waals surface area contributed by atoms with Crippen molar-refractivity contribution in [2.24, 2.45) is 0 Å². The molecule has 0 spiro atoms. The van der Waals surface area contributed by atoms with Crippen molar-refractivity contribution in [3.05, 3.63) is 34.1 Å². The topological polar surface area (TPSA) is 32.3 Å². The summed E-state index contributed by atoms with van der Waals surface area (Å²) in [6.07, 6.45) is 0.415. The first-order valence-electron chi connectivity index (χ1n) is 4.92. The molecule has 1 aromatic rings. The lowest BCUT2D eigenvalue weighted by Gasteiger charge is -2.07. The Balaban J connectivity index is 2.35. The Bertz CT molecular complexity index is 317. The summed E-state index contributed by atoms with van der Waals surface area (Å²) in [5.74, 6) is -0.246. The van der Waals surface area contributed by atoms with Crippen LogP contribution in [0, 0.1) is 5.82 Å². The molecule has 0 saturated carbocycles. The average Bonchev–Trinajstić information content (AvgIpc) is 2.18. The molecule has 0 amide bonds. The number of rotatable bonds is 5. The Hall–Kier alpha value is -0.450. The van der Waals surface area contributed by atoms with E-state index >= 15 is 0 Å². The Kier molecular flexibility index (Phi) is 5.22. The number of halogens is 2. The SMILES string of the molecule is C[C@H](O)CCNCc1ccc(Br)c(F)c1. The van der Waals surface area contributed by atoms with Crippen LogP contribution in [-0.2, 0) is 6.54 Å². The van der Waals surface area contributed by atoms with Crippen molar-refractivity contribution in [2.45, 2.75) is 26.0 Å². The monoisotopic (exact) mass is 275 g/mol. The van der Waals surface area contributed by atoms with Crippen LogP contribution in [0.3, 0.4) is 0 Å². The summed E-state index contributed by atoms with van der Waals surface area (Å²) in [7, 11) is 0. The van der Waals surface area contributed by atoms with Gasteiger partial charge in [-0.25, -0.2) is 4.39 Å². The van der Waals surface area contributed by atoms with Gasteiger partial charge in [-0.2, -0.15) is 0 Å². The van der Waals surface area contributed by atoms with Gasteiger partial charge in [-0.3, -0.25) is 0 Å². The first-order valence-corrected chi connectivity index (χ1v) is 5.71. The first-order chi connectivity index (χ1) is 7.09. The molecule has 0 unspecified atom stereocenters. The van der Waals surface area contributed by atoms with Crippen molar-refractivity contribution < 1.29 is 9.50 Å². The van der Waals surface area contributed by atoms with Crippen LogP contribution in [0.1, 0.15) is 18.9 Å². The summed E-state index contributed by atoms with van der Waals surface area (Å²) >= 11 is 3.10. The van der Waals surface area contributed by atoms with Crippen molar-refractivity contribution in [3.8, 4) is 0 Å². The second-order valence-electron chi connectivity index (χ2n) is 3.56. The second-order valence-corrected chi connectivity index (χ2v) is 4.42. The molecule has 0 fully saturated rings. The Labute approximate surface area is 97.6 Å². The predicted octanol–water partition coefficient (Wildman–Crippen LogP) is 2.45. The van der Waals surface area contributed by atoms with Crippen LogP contribution < -0.4 is 5.32 Å². The molecule has 0 saturated heterocycles. The van der Waals surface area contributed by atoms with Crippen LogP contribution >= 0.6 is 15.9 Å². The number of aliphatic hydroxyl groups excluding tert-OH is 1. The molecule has 1 atom stereocenters. The van der Waals surface area contributed by atoms with Crippen LogP contribution in [0.15, 0.2) is 22.7 Å². The zero-order chi connectivity index (χ0) is 11.3. The van der Waals surface area contributed by atoms with E-state index < -0.39 is 0 Å². The molecule has 1 aromatic carbocycles. The van der Waals surface area contributed by atoms with Crippen molar-refractivity contribution in [3.63, 3.8) is 0 Å². The molecular formula is C11H15BrFNO. The predicted molar refractivity (Wildman–Crippen MR) is 62.1 cm³/mol. The van der Waals surface area contributed by atoms with Gasteiger partial charge in [0.15, 0.2) is 0 Å². The van der Waals surface area contributed by atoms with Gasteiger partial charge in [0, 0.05) is 6.54 Å². The van der Waals surface area contributed by atoms with E-state index in [9.17, 15) is 4.39 Å². The zero-order valence-corrected chi connectivity index (χ0v) is 10.2. The van der Waals surface area contributed by atoms with E-state index in [4.69, 9.17) is 5.11 Å². The maximum Gasteiger partial charge on any atom is 0.137 e. The highest BCUT2D eigenvalue weighted by Crippen LogP contribution is 2.16. The minimum Gasteiger partial charge on any atom is -0.393 e. The second kappa shape index (κ2) is 6.20. The highest BCUT2D eigenvalue weighted by Gasteiger charge is 2.00. The molecule has 1 rings (SSSR count). The van der Waals surface area contributed by atoms with Crippen LogP contribution in [0.25, 0.3) is 0 Å². The van der Waals surface area contributed by atoms with Crippen LogP contribution in [-0.4, -0.2) is 17.8 Å². The minimum absolute atomic E-state index is 0.246. The van der Waals surface area contributed by atoms with Gasteiger partial charge < -0.3 is 10.4 Å². The van der Waals surface area contributed by atoms with Gasteiger partial charge in [-0.15, -0.1) is 0 Å². The third kappa shape index (κ3) is 4.73. The summed E-state index contributed by atoms with van der Waals surface area (Å²) in [4.78, 5) is 0. The molecule has 2 N–H and O–H groups in total. The highest BCUT2D eigenvalue weighted by molar-refractivity contribution is 9.10. The standard InChI is InChI=1S/C11H15BrFNO/c1-8(15)4-5-14-7-9-2-3-10(12)11(13)6-9/h2-3,6,8,14-15H,4-5,7H2,1H3/t8-/m0/s1. The maximum atomic E-state index is 13.1. The minimum atomic E-state index is -0.292. The lowest BCUT2D eigenvalue weighted by molar-refractivity contribution is 0.183. The fraction of sp³-hybridized carbons (Fsp3) is 0.455. The van der Waals surface area contributed by atoms with Crippen LogP contribution in [0.4, 0.5) is 4.39 Å². The molecule has 84 valence electrons. The van der Waals surface area contributed by atoms with Crippen molar-refractivity contribution in [1.82, 2.24) is 5.32 Å². The number of aliphatic hydroxyl groups is 1. The molecule has 15 heavy (non-hydrogen) atoms. The van der Waals surface area contributed by atoms with E-state index in [1.165, 1.54) is 6.07 Å². The van der Waals surface area contributed by atoms with Gasteiger partial charge in [0.25, 0.3) is 0 Å². The third-order valence-electron chi connectivity index (χ3n) is 2.05. The summed E-state index contributed by atoms with van der Waals surface area (Å²) in [6, 6.07) is 5.06. The average molecular weight is 276 g/mol. The molecule has 0 aliphatic rings. The molecule has 2 nitrogen and oxygen atoms in total. The number of hydrogen-bond donors (Lipinski definition) is 2. The first kappa shape index (κ1) is 12.6. The van der Waals surface area contributed by atoms with Crippen LogP contribution in [0.5, 0.6) is 0 Å². The van der Waals surface area contributed by atoms with Gasteiger partial charge in [0.1, 0.15) is 5.82 Å². The molecule has 0 bridgehead atoms. The summed E-state index contributed by atoms with van der Waals surface area (Å²) < 4.78 is 13.6. The third-order valence-corrected chi connectivity index (χ3v) is 2.70. The molecular weight excluding hydrogens is 261 g/mol. The quantitative estimate of drug-likeness (QED) is 0.810. The number of nitrogens with one attached hydrogen (secondary N) is 1. The lowest BCUT2D eigenvalue weighted by Crippen LogP contribution is -2.18. The highest BCUT2D eigenvalue weighted by atomic mass is 79.9. The summed E-state index contributed by atoms with van der Waals surface area (Å²) in [5, 5.41) is 12.2. The number of benzene rings is 1. The van der Waals surface area contributed by atoms with Gasteiger partial charge in [-0.05, 0) is 53.5 Å². The summed E-state index contributed by atoms with van der Waals surface area (Å²) in [6.45, 7) is 3.10. The van der Waals surface area contributed by atoms with Gasteiger partial charge in [-0.1, -0.05) is 6.07 Å². The zero-order valence-electron chi connectivity index (χ0n) is 8.63. The van der Waals surface area contributed by atoms with Crippen molar-refractivity contribution in [1.29, 1.82) is 0 Å². The van der Waals surface area contributed by atoms with Gasteiger partial charge in [0.05, 0.1) is 10.6 Å². The van der Waals surface area contributed by atoms with E-state index in [-0.39, 0.29) is 11.9 Å². The Morgan fingerprint density at radius 1 is 1.53 bits per heavy atom. The Morgan fingerprint density at radius 3 is 2.87 bits per heavy atom. The molecule has 0 radical (unpaired) electrons. The van der Waals surface area contributed by atoms with Gasteiger partial charge in [0.2, 0.25) is 0 Å². The van der Waals surface area contributed by atoms with E-state index in [1.54, 1.807) is 13.0 Å². The number of hydrogen-bond acceptors (Lipinski definition) is 2. The molecule has 4 heteroatoms. The van der Waals surface area contributed by atoms with Crippen molar-refractivity contribution >= 4 is 15.9 Å². The summed E-state index contributed by atoms with van der Waals surface area (Å²) in [5.41, 5.74) is 0.904. The van der Waals surface area contributed by atoms with E-state index in [0.717, 1.165) is 12.1 Å². The largest absolute Gasteiger partial charge is 0.393 e. The van der Waals surface area contributed by atoms with Crippen LogP contribution in [0.2, 0.25) is 0 Å². The normalized spacial score (nSPS) is 12.8. The van der Waals surface area contributed by atoms with E-state index in [1.807, 2.05) is 6.07 Å². The fourth-order valence-corrected chi connectivity index (χ4v) is 1.44. The fourth-order valence-electron chi connectivity index (χ4n) is 1.19. The maximum absolute atomic E-state index is 13.1.